The van der Waals surface area contributed by atoms with Gasteiger partial charge in [0.05, 0.1) is 6.61 Å². The molecule has 5 N–H and O–H groups in total. The number of hydrogen-bond donors (Lipinski definition) is 5. The molecule has 0 radical (unpaired) electrons. The standard InChI is InChI=1S/C29H46N4O5/c1-20(2)27(29(38)30-21(3)28(37)32-24-17-15-22(19-34)16-18-24)33-26(36)14-10-13-25(35)31-23-11-8-6-4-5-7-9-12-23/h15-18,20-21,23,27,34H,4-14,19H2,1-3H3,(H,30,38)(H,31,35)(H,32,37)(H,33,36)/t21-,27-/m0/s1. The predicted octanol–water partition coefficient (Wildman–Crippen LogP) is 3.55. The summed E-state index contributed by atoms with van der Waals surface area (Å²) in [4.78, 5) is 50.3. The Balaban J connectivity index is 1.75. The van der Waals surface area contributed by atoms with E-state index in [-0.39, 0.29) is 43.2 Å². The lowest BCUT2D eigenvalue weighted by Crippen LogP contribution is -2.53. The first-order valence-corrected chi connectivity index (χ1v) is 14.1. The number of rotatable bonds is 12. The van der Waals surface area contributed by atoms with Gasteiger partial charge in [0.1, 0.15) is 12.1 Å². The van der Waals surface area contributed by atoms with E-state index in [1.54, 1.807) is 31.2 Å². The number of carbonyl (C=O) groups excluding carboxylic acids is 4. The molecule has 1 aromatic carbocycles. The third-order valence-corrected chi connectivity index (χ3v) is 6.95. The predicted molar refractivity (Wildman–Crippen MR) is 148 cm³/mol. The maximum Gasteiger partial charge on any atom is 0.246 e. The second-order valence-corrected chi connectivity index (χ2v) is 10.7. The van der Waals surface area contributed by atoms with Gasteiger partial charge in [0, 0.05) is 24.6 Å². The van der Waals surface area contributed by atoms with E-state index in [4.69, 9.17) is 5.11 Å². The minimum atomic E-state index is -0.820. The van der Waals surface area contributed by atoms with Crippen molar-refractivity contribution < 1.29 is 24.3 Å². The zero-order valence-corrected chi connectivity index (χ0v) is 23.2. The minimum absolute atomic E-state index is 0.0222. The first kappa shape index (κ1) is 31.3. The third kappa shape index (κ3) is 11.6. The van der Waals surface area contributed by atoms with Gasteiger partial charge in [-0.1, -0.05) is 64.5 Å². The summed E-state index contributed by atoms with van der Waals surface area (Å²) in [6.45, 7) is 5.13. The quantitative estimate of drug-likeness (QED) is 0.282. The minimum Gasteiger partial charge on any atom is -0.392 e. The third-order valence-electron chi connectivity index (χ3n) is 6.95. The van der Waals surface area contributed by atoms with E-state index in [9.17, 15) is 19.2 Å². The summed E-state index contributed by atoms with van der Waals surface area (Å²) in [5.41, 5.74) is 1.28. The molecule has 0 unspecified atom stereocenters. The summed E-state index contributed by atoms with van der Waals surface area (Å²) in [5, 5.41) is 20.4. The van der Waals surface area contributed by atoms with E-state index in [0.29, 0.717) is 12.1 Å². The highest BCUT2D eigenvalue weighted by molar-refractivity contribution is 5.98. The average Bonchev–Trinajstić information content (AvgIpc) is 3.01. The van der Waals surface area contributed by atoms with Gasteiger partial charge in [-0.05, 0) is 49.8 Å². The number of carbonyl (C=O) groups is 4. The van der Waals surface area contributed by atoms with Gasteiger partial charge >= 0.3 is 0 Å². The fraction of sp³-hybridized carbons (Fsp3) is 0.655. The van der Waals surface area contributed by atoms with Gasteiger partial charge in [-0.2, -0.15) is 0 Å². The lowest BCUT2D eigenvalue weighted by molar-refractivity contribution is -0.132. The van der Waals surface area contributed by atoms with Crippen LogP contribution in [-0.4, -0.2) is 46.9 Å². The zero-order chi connectivity index (χ0) is 27.9. The summed E-state index contributed by atoms with van der Waals surface area (Å²) in [6.07, 6.45) is 10.1. The summed E-state index contributed by atoms with van der Waals surface area (Å²) in [6, 6.07) is 5.36. The van der Waals surface area contributed by atoms with Gasteiger partial charge in [-0.15, -0.1) is 0 Å². The number of hydrogen-bond acceptors (Lipinski definition) is 5. The van der Waals surface area contributed by atoms with E-state index in [1.807, 2.05) is 13.8 Å². The van der Waals surface area contributed by atoms with Crippen LogP contribution in [0.25, 0.3) is 0 Å². The normalized spacial score (nSPS) is 16.3. The molecule has 1 aliphatic rings. The molecule has 0 bridgehead atoms. The molecular formula is C29H46N4O5. The van der Waals surface area contributed by atoms with Gasteiger partial charge < -0.3 is 26.4 Å². The van der Waals surface area contributed by atoms with Gasteiger partial charge in [0.2, 0.25) is 23.6 Å². The van der Waals surface area contributed by atoms with Crippen molar-refractivity contribution in [3.63, 3.8) is 0 Å². The Bertz CT molecular complexity index is 893. The zero-order valence-electron chi connectivity index (χ0n) is 23.2. The fourth-order valence-electron chi connectivity index (χ4n) is 4.58. The number of aliphatic hydroxyl groups is 1. The highest BCUT2D eigenvalue weighted by Gasteiger charge is 2.27. The Hall–Kier alpha value is -2.94. The maximum atomic E-state index is 12.9. The molecule has 212 valence electrons. The van der Waals surface area contributed by atoms with Gasteiger partial charge in [-0.25, -0.2) is 0 Å². The van der Waals surface area contributed by atoms with Crippen LogP contribution in [0.2, 0.25) is 0 Å². The smallest absolute Gasteiger partial charge is 0.246 e. The number of anilines is 1. The molecule has 0 aliphatic heterocycles. The highest BCUT2D eigenvalue weighted by Crippen LogP contribution is 2.17. The van der Waals surface area contributed by atoms with Gasteiger partial charge in [0.15, 0.2) is 0 Å². The maximum absolute atomic E-state index is 12.9. The molecule has 1 fully saturated rings. The summed E-state index contributed by atoms with van der Waals surface area (Å²) >= 11 is 0. The molecule has 2 rings (SSSR count). The van der Waals surface area contributed by atoms with Gasteiger partial charge in [-0.3, -0.25) is 19.2 Å². The molecule has 1 saturated carbocycles. The van der Waals surface area contributed by atoms with Gasteiger partial charge in [0.25, 0.3) is 0 Å². The topological polar surface area (TPSA) is 137 Å². The van der Waals surface area contributed by atoms with Crippen molar-refractivity contribution in [3.8, 4) is 0 Å². The summed E-state index contributed by atoms with van der Waals surface area (Å²) in [5.74, 6) is -1.34. The van der Waals surface area contributed by atoms with Crippen LogP contribution in [0.15, 0.2) is 24.3 Å². The Morgan fingerprint density at radius 3 is 1.97 bits per heavy atom. The van der Waals surface area contributed by atoms with E-state index in [2.05, 4.69) is 21.3 Å². The monoisotopic (exact) mass is 530 g/mol. The van der Waals surface area contributed by atoms with Crippen LogP contribution < -0.4 is 21.3 Å². The van der Waals surface area contributed by atoms with Crippen molar-refractivity contribution in [1.82, 2.24) is 16.0 Å². The average molecular weight is 531 g/mol. The van der Waals surface area contributed by atoms with E-state index in [1.165, 1.54) is 25.7 Å². The second kappa shape index (κ2) is 16.8. The number of nitrogens with one attached hydrogen (secondary N) is 4. The molecule has 0 saturated heterocycles. The fourth-order valence-corrected chi connectivity index (χ4v) is 4.58. The van der Waals surface area contributed by atoms with E-state index in [0.717, 1.165) is 31.2 Å². The van der Waals surface area contributed by atoms with Crippen molar-refractivity contribution in [2.75, 3.05) is 5.32 Å². The highest BCUT2D eigenvalue weighted by atomic mass is 16.3. The molecule has 0 heterocycles. The molecule has 1 aromatic rings. The molecule has 4 amide bonds. The molecule has 0 spiro atoms. The summed E-state index contributed by atoms with van der Waals surface area (Å²) < 4.78 is 0. The molecule has 1 aliphatic carbocycles. The molecule has 9 heteroatoms. The van der Waals surface area contributed by atoms with E-state index < -0.39 is 23.9 Å². The Morgan fingerprint density at radius 1 is 0.816 bits per heavy atom. The van der Waals surface area contributed by atoms with Crippen LogP contribution in [0.1, 0.15) is 97.0 Å². The van der Waals surface area contributed by atoms with Crippen molar-refractivity contribution in [2.24, 2.45) is 5.92 Å². The van der Waals surface area contributed by atoms with Crippen LogP contribution in [0.5, 0.6) is 0 Å². The van der Waals surface area contributed by atoms with Crippen molar-refractivity contribution in [2.45, 2.75) is 116 Å². The Morgan fingerprint density at radius 2 is 1.39 bits per heavy atom. The largest absolute Gasteiger partial charge is 0.392 e. The van der Waals surface area contributed by atoms with Crippen LogP contribution in [-0.2, 0) is 25.8 Å². The lowest BCUT2D eigenvalue weighted by Gasteiger charge is -2.24. The molecule has 2 atom stereocenters. The van der Waals surface area contributed by atoms with Crippen molar-refractivity contribution in [3.05, 3.63) is 29.8 Å². The SMILES string of the molecule is CC(C)[C@H](NC(=O)CCCC(=O)NC1CCCCCCCC1)C(=O)N[C@@H](C)C(=O)Nc1ccc(CO)cc1. The van der Waals surface area contributed by atoms with Crippen molar-refractivity contribution in [1.29, 1.82) is 0 Å². The molecule has 38 heavy (non-hydrogen) atoms. The molecule has 9 nitrogen and oxygen atoms in total. The van der Waals surface area contributed by atoms with Crippen LogP contribution >= 0.6 is 0 Å². The van der Waals surface area contributed by atoms with Crippen LogP contribution in [0, 0.1) is 5.92 Å². The van der Waals surface area contributed by atoms with E-state index >= 15 is 0 Å². The number of aliphatic hydroxyl groups excluding tert-OH is 1. The summed E-state index contributed by atoms with van der Waals surface area (Å²) in [7, 11) is 0. The first-order chi connectivity index (χ1) is 18.2. The number of amides is 4. The second-order valence-electron chi connectivity index (χ2n) is 10.7. The molecular weight excluding hydrogens is 484 g/mol. The Kier molecular flexibility index (Phi) is 13.8. The first-order valence-electron chi connectivity index (χ1n) is 14.1. The Labute approximate surface area is 226 Å². The molecule has 0 aromatic heterocycles. The lowest BCUT2D eigenvalue weighted by atomic mass is 10.0. The van der Waals surface area contributed by atoms with Crippen molar-refractivity contribution >= 4 is 29.3 Å². The number of benzene rings is 1. The van der Waals surface area contributed by atoms with Crippen LogP contribution in [0.3, 0.4) is 0 Å². The van der Waals surface area contributed by atoms with Crippen LogP contribution in [0.4, 0.5) is 5.69 Å².